The quantitative estimate of drug-likeness (QED) is 0.622. The molecule has 0 atom stereocenters. The smallest absolute Gasteiger partial charge is 0.242 e. The molecule has 29 heavy (non-hydrogen) atoms. The molecule has 7 nitrogen and oxygen atoms in total. The minimum Gasteiger partial charge on any atom is -0.492 e. The van der Waals surface area contributed by atoms with Gasteiger partial charge in [-0.3, -0.25) is 9.69 Å². The summed E-state index contributed by atoms with van der Waals surface area (Å²) in [6, 6.07) is 11.2. The van der Waals surface area contributed by atoms with Crippen LogP contribution in [0.5, 0.6) is 5.75 Å². The van der Waals surface area contributed by atoms with Crippen molar-refractivity contribution in [2.24, 2.45) is 0 Å². The van der Waals surface area contributed by atoms with Crippen molar-refractivity contribution in [2.75, 3.05) is 46.2 Å². The van der Waals surface area contributed by atoms with Crippen LogP contribution in [0.25, 0.3) is 0 Å². The molecule has 1 amide bonds. The van der Waals surface area contributed by atoms with Crippen molar-refractivity contribution < 1.29 is 17.9 Å². The predicted molar refractivity (Wildman–Crippen MR) is 115 cm³/mol. The summed E-state index contributed by atoms with van der Waals surface area (Å²) in [5.41, 5.74) is 0.387. The fourth-order valence-electron chi connectivity index (χ4n) is 2.36. The molecule has 10 heteroatoms. The summed E-state index contributed by atoms with van der Waals surface area (Å²) in [4.78, 5) is 14.2. The number of para-hydroxylation sites is 1. The Labute approximate surface area is 181 Å². The first-order chi connectivity index (χ1) is 13.6. The molecule has 0 radical (unpaired) electrons. The minimum atomic E-state index is -3.47. The van der Waals surface area contributed by atoms with Crippen LogP contribution in [0, 0.1) is 0 Å². The first kappa shape index (κ1) is 23.4. The van der Waals surface area contributed by atoms with Crippen molar-refractivity contribution in [3.8, 4) is 5.75 Å². The maximum atomic E-state index is 12.2. The fraction of sp³-hybridized carbons (Fsp3) is 0.316. The summed E-state index contributed by atoms with van der Waals surface area (Å²) in [5, 5.41) is 3.44. The Morgan fingerprint density at radius 3 is 2.17 bits per heavy atom. The first-order valence-corrected chi connectivity index (χ1v) is 10.9. The molecule has 0 heterocycles. The van der Waals surface area contributed by atoms with Gasteiger partial charge in [-0.15, -0.1) is 0 Å². The number of hydrogen-bond acceptors (Lipinski definition) is 5. The van der Waals surface area contributed by atoms with Gasteiger partial charge in [-0.2, -0.15) is 0 Å². The van der Waals surface area contributed by atoms with E-state index in [0.717, 1.165) is 4.31 Å². The normalized spacial score (nSPS) is 11.7. The van der Waals surface area contributed by atoms with Crippen LogP contribution < -0.4 is 10.1 Å². The molecule has 0 saturated carbocycles. The number of carbonyl (C=O) groups is 1. The largest absolute Gasteiger partial charge is 0.492 e. The third-order valence-corrected chi connectivity index (χ3v) is 6.44. The zero-order valence-electron chi connectivity index (χ0n) is 16.4. The molecule has 158 valence electrons. The molecule has 2 aromatic carbocycles. The second-order valence-electron chi connectivity index (χ2n) is 6.49. The Balaban J connectivity index is 1.81. The van der Waals surface area contributed by atoms with E-state index in [-0.39, 0.29) is 17.3 Å². The Bertz CT molecular complexity index is 930. The number of amides is 1. The molecule has 2 aromatic rings. The van der Waals surface area contributed by atoms with Crippen LogP contribution in [-0.4, -0.2) is 64.4 Å². The third-order valence-electron chi connectivity index (χ3n) is 3.98. The van der Waals surface area contributed by atoms with Crippen LogP contribution in [0.4, 0.5) is 5.69 Å². The highest BCUT2D eigenvalue weighted by Gasteiger charge is 2.17. The van der Waals surface area contributed by atoms with E-state index in [9.17, 15) is 13.2 Å². The Kier molecular flexibility index (Phi) is 8.30. The van der Waals surface area contributed by atoms with Crippen molar-refractivity contribution in [1.82, 2.24) is 9.21 Å². The minimum absolute atomic E-state index is 0.130. The molecule has 0 saturated heterocycles. The summed E-state index contributed by atoms with van der Waals surface area (Å²) in [6.45, 7) is 0.947. The highest BCUT2D eigenvalue weighted by Crippen LogP contribution is 2.29. The highest BCUT2D eigenvalue weighted by molar-refractivity contribution is 7.89. The van der Waals surface area contributed by atoms with E-state index >= 15 is 0 Å². The van der Waals surface area contributed by atoms with Crippen molar-refractivity contribution in [3.63, 3.8) is 0 Å². The van der Waals surface area contributed by atoms with Gasteiger partial charge in [0.1, 0.15) is 12.4 Å². The fourth-order valence-corrected chi connectivity index (χ4v) is 3.75. The molecule has 0 aliphatic heterocycles. The van der Waals surface area contributed by atoms with Crippen molar-refractivity contribution in [1.29, 1.82) is 0 Å². The van der Waals surface area contributed by atoms with Crippen LogP contribution in [0.15, 0.2) is 47.4 Å². The average Bonchev–Trinajstić information content (AvgIpc) is 2.65. The number of anilines is 1. The summed E-state index contributed by atoms with van der Waals surface area (Å²) in [5.74, 6) is 0.296. The van der Waals surface area contributed by atoms with Crippen molar-refractivity contribution >= 4 is 44.8 Å². The Morgan fingerprint density at radius 2 is 1.62 bits per heavy atom. The summed E-state index contributed by atoms with van der Waals surface area (Å²) >= 11 is 12.1. The number of ether oxygens (including phenoxy) is 1. The monoisotopic (exact) mass is 459 g/mol. The third kappa shape index (κ3) is 6.58. The molecule has 0 bridgehead atoms. The number of benzene rings is 2. The summed E-state index contributed by atoms with van der Waals surface area (Å²) in [7, 11) is 1.27. The molecular weight excluding hydrogens is 437 g/mol. The van der Waals surface area contributed by atoms with Crippen molar-refractivity contribution in [3.05, 3.63) is 52.5 Å². The van der Waals surface area contributed by atoms with E-state index in [1.807, 2.05) is 0 Å². The zero-order valence-corrected chi connectivity index (χ0v) is 18.7. The number of nitrogens with one attached hydrogen (secondary N) is 1. The first-order valence-electron chi connectivity index (χ1n) is 8.69. The predicted octanol–water partition coefficient (Wildman–Crippen LogP) is 3.19. The molecule has 0 aliphatic carbocycles. The summed E-state index contributed by atoms with van der Waals surface area (Å²) in [6.07, 6.45) is 0. The van der Waals surface area contributed by atoms with Crippen molar-refractivity contribution in [2.45, 2.75) is 4.90 Å². The molecule has 0 aromatic heterocycles. The van der Waals surface area contributed by atoms with E-state index < -0.39 is 10.0 Å². The van der Waals surface area contributed by atoms with Crippen LogP contribution in [-0.2, 0) is 14.8 Å². The number of nitrogens with zero attached hydrogens (tertiary/aromatic N) is 2. The van der Waals surface area contributed by atoms with Gasteiger partial charge in [-0.1, -0.05) is 29.3 Å². The van der Waals surface area contributed by atoms with E-state index in [4.69, 9.17) is 27.9 Å². The molecule has 0 unspecified atom stereocenters. The lowest BCUT2D eigenvalue weighted by Crippen LogP contribution is -2.33. The molecule has 0 spiro atoms. The maximum absolute atomic E-state index is 12.2. The lowest BCUT2D eigenvalue weighted by atomic mass is 10.3. The second-order valence-corrected chi connectivity index (χ2v) is 9.46. The highest BCUT2D eigenvalue weighted by atomic mass is 35.5. The van der Waals surface area contributed by atoms with Gasteiger partial charge in [0.05, 0.1) is 27.2 Å². The lowest BCUT2D eigenvalue weighted by molar-refractivity contribution is -0.117. The van der Waals surface area contributed by atoms with Gasteiger partial charge in [0.2, 0.25) is 15.9 Å². The zero-order chi connectivity index (χ0) is 21.6. The molecular formula is C19H23Cl2N3O4S. The number of halogens is 2. The average molecular weight is 460 g/mol. The Morgan fingerprint density at radius 1 is 1.03 bits per heavy atom. The molecule has 2 rings (SSSR count). The maximum Gasteiger partial charge on any atom is 0.242 e. The standard InChI is InChI=1S/C19H23Cl2N3O4S/c1-23(2)29(26,27)15-9-7-14(8-10-15)28-12-11-24(3)13-18(25)22-19-16(20)5-4-6-17(19)21/h4-10H,11-13H2,1-3H3,(H,22,25). The van der Waals surface area contributed by atoms with Crippen LogP contribution in [0.1, 0.15) is 0 Å². The second kappa shape index (κ2) is 10.3. The number of hydrogen-bond donors (Lipinski definition) is 1. The topological polar surface area (TPSA) is 79.0 Å². The van der Waals surface area contributed by atoms with E-state index in [1.165, 1.54) is 26.2 Å². The van der Waals surface area contributed by atoms with Crippen LogP contribution in [0.3, 0.4) is 0 Å². The lowest BCUT2D eigenvalue weighted by Gasteiger charge is -2.17. The van der Waals surface area contributed by atoms with Gasteiger partial charge in [-0.05, 0) is 43.4 Å². The number of rotatable bonds is 9. The van der Waals surface area contributed by atoms with E-state index in [1.54, 1.807) is 42.3 Å². The van der Waals surface area contributed by atoms with Gasteiger partial charge in [0.25, 0.3) is 0 Å². The SMILES string of the molecule is CN(CCOc1ccc(S(=O)(=O)N(C)C)cc1)CC(=O)Nc1c(Cl)cccc1Cl. The van der Waals surface area contributed by atoms with E-state index in [0.29, 0.717) is 34.6 Å². The molecule has 1 N–H and O–H groups in total. The Hall–Kier alpha value is -1.84. The molecule has 0 fully saturated rings. The van der Waals surface area contributed by atoms with Gasteiger partial charge in [0.15, 0.2) is 0 Å². The van der Waals surface area contributed by atoms with E-state index in [2.05, 4.69) is 5.32 Å². The van der Waals surface area contributed by atoms with Gasteiger partial charge < -0.3 is 10.1 Å². The van der Waals surface area contributed by atoms with Crippen LogP contribution >= 0.6 is 23.2 Å². The number of carbonyl (C=O) groups excluding carboxylic acids is 1. The number of likely N-dealkylation sites (N-methyl/N-ethyl adjacent to an activating group) is 1. The van der Waals surface area contributed by atoms with Crippen LogP contribution in [0.2, 0.25) is 10.0 Å². The summed E-state index contributed by atoms with van der Waals surface area (Å²) < 4.78 is 30.9. The van der Waals surface area contributed by atoms with Gasteiger partial charge >= 0.3 is 0 Å². The van der Waals surface area contributed by atoms with Gasteiger partial charge in [0, 0.05) is 20.6 Å². The molecule has 0 aliphatic rings. The number of sulfonamides is 1. The van der Waals surface area contributed by atoms with Gasteiger partial charge in [-0.25, -0.2) is 12.7 Å².